The molecule has 0 spiro atoms. The second-order valence-electron chi connectivity index (χ2n) is 3.17. The first-order chi connectivity index (χ1) is 6.45. The van der Waals surface area contributed by atoms with Crippen molar-refractivity contribution in [2.75, 3.05) is 0 Å². The molecule has 1 aromatic heterocycles. The van der Waals surface area contributed by atoms with E-state index in [4.69, 9.17) is 0 Å². The standard InChI is InChI=1S/C11H8N2/c1-2-4-10-8(3-1)9-7-12-6-5-11(9)13-10/h1-2,4-7H,3H2. The van der Waals surface area contributed by atoms with Gasteiger partial charge in [-0.25, -0.2) is 4.99 Å². The second kappa shape index (κ2) is 2.39. The third-order valence-electron chi connectivity index (χ3n) is 2.39. The molecule has 0 bridgehead atoms. The smallest absolute Gasteiger partial charge is 0.0743 e. The zero-order valence-corrected chi connectivity index (χ0v) is 7.07. The van der Waals surface area contributed by atoms with Gasteiger partial charge >= 0.3 is 0 Å². The number of fused-ring (bicyclic) bond motifs is 2. The van der Waals surface area contributed by atoms with Crippen LogP contribution in [0.2, 0.25) is 0 Å². The average Bonchev–Trinajstić information content (AvgIpc) is 2.56. The molecule has 2 aliphatic rings. The van der Waals surface area contributed by atoms with Gasteiger partial charge in [0.25, 0.3) is 0 Å². The summed E-state index contributed by atoms with van der Waals surface area (Å²) < 4.78 is 0. The maximum Gasteiger partial charge on any atom is 0.0743 e. The molecule has 0 unspecified atom stereocenters. The molecule has 13 heavy (non-hydrogen) atoms. The molecule has 0 atom stereocenters. The van der Waals surface area contributed by atoms with Crippen LogP contribution >= 0.6 is 0 Å². The summed E-state index contributed by atoms with van der Waals surface area (Å²) in [6.07, 6.45) is 10.9. The fourth-order valence-corrected chi connectivity index (χ4v) is 1.75. The van der Waals surface area contributed by atoms with Gasteiger partial charge in [-0.3, -0.25) is 4.98 Å². The van der Waals surface area contributed by atoms with Gasteiger partial charge in [-0.1, -0.05) is 12.2 Å². The Hall–Kier alpha value is -1.70. The molecule has 1 aliphatic heterocycles. The van der Waals surface area contributed by atoms with E-state index in [9.17, 15) is 0 Å². The van der Waals surface area contributed by atoms with Crippen molar-refractivity contribution in [1.29, 1.82) is 0 Å². The molecular weight excluding hydrogens is 160 g/mol. The highest BCUT2D eigenvalue weighted by atomic mass is 14.8. The van der Waals surface area contributed by atoms with Gasteiger partial charge in [-0.15, -0.1) is 0 Å². The van der Waals surface area contributed by atoms with Crippen LogP contribution in [0.15, 0.2) is 47.4 Å². The predicted molar refractivity (Wildman–Crippen MR) is 50.3 cm³/mol. The van der Waals surface area contributed by atoms with Gasteiger partial charge in [0.15, 0.2) is 0 Å². The Morgan fingerprint density at radius 1 is 1.31 bits per heavy atom. The van der Waals surface area contributed by atoms with Gasteiger partial charge < -0.3 is 0 Å². The summed E-state index contributed by atoms with van der Waals surface area (Å²) in [4.78, 5) is 8.62. The van der Waals surface area contributed by atoms with E-state index in [0.717, 1.165) is 17.5 Å². The summed E-state index contributed by atoms with van der Waals surface area (Å²) in [7, 11) is 0. The number of aromatic nitrogens is 1. The molecule has 0 fully saturated rings. The van der Waals surface area contributed by atoms with Crippen LogP contribution in [0.5, 0.6) is 0 Å². The normalized spacial score (nSPS) is 17.5. The average molecular weight is 168 g/mol. The number of hydrogen-bond donors (Lipinski definition) is 0. The van der Waals surface area contributed by atoms with E-state index in [1.54, 1.807) is 6.20 Å². The zero-order chi connectivity index (χ0) is 8.67. The molecule has 2 nitrogen and oxygen atoms in total. The van der Waals surface area contributed by atoms with Gasteiger partial charge in [-0.05, 0) is 24.1 Å². The number of allylic oxidation sites excluding steroid dienone is 4. The molecule has 0 saturated carbocycles. The maximum absolute atomic E-state index is 4.51. The Bertz CT molecular complexity index is 535. The Morgan fingerprint density at radius 2 is 2.31 bits per heavy atom. The molecular formula is C11H8N2. The number of pyridine rings is 1. The van der Waals surface area contributed by atoms with Crippen LogP contribution in [0.1, 0.15) is 6.42 Å². The first-order valence-electron chi connectivity index (χ1n) is 4.34. The topological polar surface area (TPSA) is 25.2 Å². The van der Waals surface area contributed by atoms with E-state index in [1.165, 1.54) is 10.8 Å². The number of nitrogens with zero attached hydrogens (tertiary/aromatic N) is 2. The van der Waals surface area contributed by atoms with Gasteiger partial charge in [0, 0.05) is 17.6 Å². The molecule has 0 aromatic carbocycles. The molecule has 0 radical (unpaired) electrons. The Kier molecular flexibility index (Phi) is 1.25. The van der Waals surface area contributed by atoms with Crippen molar-refractivity contribution in [3.63, 3.8) is 0 Å². The lowest BCUT2D eigenvalue weighted by Gasteiger charge is -2.02. The van der Waals surface area contributed by atoms with E-state index in [1.807, 2.05) is 12.3 Å². The molecule has 0 amide bonds. The minimum absolute atomic E-state index is 0.980. The summed E-state index contributed by atoms with van der Waals surface area (Å²) in [5.41, 5.74) is 2.41. The molecule has 1 aliphatic carbocycles. The summed E-state index contributed by atoms with van der Waals surface area (Å²) in [6.45, 7) is 0. The molecule has 3 rings (SSSR count). The van der Waals surface area contributed by atoms with Crippen LogP contribution in [0.4, 0.5) is 0 Å². The van der Waals surface area contributed by atoms with Gasteiger partial charge in [-0.2, -0.15) is 0 Å². The number of hydrogen-bond acceptors (Lipinski definition) is 2. The lowest BCUT2D eigenvalue weighted by molar-refractivity contribution is 1.23. The summed E-state index contributed by atoms with van der Waals surface area (Å²) in [5.74, 6) is 0. The van der Waals surface area contributed by atoms with Gasteiger partial charge in [0.05, 0.1) is 11.1 Å². The quantitative estimate of drug-likeness (QED) is 0.560. The van der Waals surface area contributed by atoms with E-state index in [2.05, 4.69) is 28.2 Å². The minimum atomic E-state index is 0.980. The highest BCUT2D eigenvalue weighted by molar-refractivity contribution is 5.69. The maximum atomic E-state index is 4.51. The Labute approximate surface area is 75.7 Å². The van der Waals surface area contributed by atoms with E-state index in [-0.39, 0.29) is 0 Å². The molecule has 2 heteroatoms. The van der Waals surface area contributed by atoms with Crippen molar-refractivity contribution >= 4 is 5.57 Å². The van der Waals surface area contributed by atoms with E-state index < -0.39 is 0 Å². The van der Waals surface area contributed by atoms with Crippen LogP contribution in [0.3, 0.4) is 0 Å². The first kappa shape index (κ1) is 6.78. The molecule has 62 valence electrons. The molecule has 1 aromatic rings. The summed E-state index contributed by atoms with van der Waals surface area (Å²) in [6, 6.07) is 1.96. The zero-order valence-electron chi connectivity index (χ0n) is 7.07. The van der Waals surface area contributed by atoms with Crippen molar-refractivity contribution in [2.24, 2.45) is 4.99 Å². The highest BCUT2D eigenvalue weighted by Crippen LogP contribution is 2.21. The van der Waals surface area contributed by atoms with Crippen molar-refractivity contribution in [3.8, 4) is 0 Å². The van der Waals surface area contributed by atoms with Gasteiger partial charge in [0.1, 0.15) is 0 Å². The summed E-state index contributed by atoms with van der Waals surface area (Å²) in [5, 5.41) is 2.25. The van der Waals surface area contributed by atoms with Crippen molar-refractivity contribution in [1.82, 2.24) is 4.98 Å². The van der Waals surface area contributed by atoms with Crippen LogP contribution < -0.4 is 10.6 Å². The lowest BCUT2D eigenvalue weighted by Crippen LogP contribution is -2.23. The largest absolute Gasteiger partial charge is 0.264 e. The molecule has 0 saturated heterocycles. The first-order valence-corrected chi connectivity index (χ1v) is 4.34. The highest BCUT2D eigenvalue weighted by Gasteiger charge is 2.12. The van der Waals surface area contributed by atoms with Crippen molar-refractivity contribution in [3.05, 3.63) is 53.0 Å². The second-order valence-corrected chi connectivity index (χ2v) is 3.17. The monoisotopic (exact) mass is 168 g/mol. The van der Waals surface area contributed by atoms with Crippen LogP contribution in [0, 0.1) is 0 Å². The van der Waals surface area contributed by atoms with Crippen LogP contribution in [0.25, 0.3) is 5.57 Å². The van der Waals surface area contributed by atoms with E-state index >= 15 is 0 Å². The van der Waals surface area contributed by atoms with E-state index in [0.29, 0.717) is 0 Å². The van der Waals surface area contributed by atoms with Crippen LogP contribution in [-0.4, -0.2) is 4.98 Å². The third-order valence-corrected chi connectivity index (χ3v) is 2.39. The third kappa shape index (κ3) is 0.886. The van der Waals surface area contributed by atoms with Crippen LogP contribution in [-0.2, 0) is 0 Å². The minimum Gasteiger partial charge on any atom is -0.264 e. The summed E-state index contributed by atoms with van der Waals surface area (Å²) >= 11 is 0. The SMILES string of the molecule is C1=CCC2=c3cnccc3=NC2=C1. The van der Waals surface area contributed by atoms with Crippen molar-refractivity contribution < 1.29 is 0 Å². The Morgan fingerprint density at radius 3 is 3.31 bits per heavy atom. The fraction of sp³-hybridized carbons (Fsp3) is 0.0909. The lowest BCUT2D eigenvalue weighted by atomic mass is 10.0. The van der Waals surface area contributed by atoms with Crippen molar-refractivity contribution in [2.45, 2.75) is 6.42 Å². The molecule has 0 N–H and O–H groups in total. The fourth-order valence-electron chi connectivity index (χ4n) is 1.75. The van der Waals surface area contributed by atoms with Gasteiger partial charge in [0.2, 0.25) is 0 Å². The Balaban J connectivity index is 2.46. The number of rotatable bonds is 0. The molecule has 2 heterocycles. The predicted octanol–water partition coefficient (Wildman–Crippen LogP) is 0.709.